The lowest BCUT2D eigenvalue weighted by Gasteiger charge is -2.11. The average Bonchev–Trinajstić information content (AvgIpc) is 0.839. The Balaban J connectivity index is 0.000000560. The molecule has 0 amide bonds. The molecule has 0 atom stereocenters. The summed E-state index contributed by atoms with van der Waals surface area (Å²) in [6.07, 6.45) is 0. The standard InChI is InChI=1S/C10H12F2O.C9H10Cl2O2.3C9H11ClO2.3C9H11FO2/c1-5(2)7-4-8(11)6(3)10(13)9(7)12;1-4(2)5-3-6(10)8(12)9(13)7(5)11;1-5(2)6-3-8(11)9(12)4-7(6)10;1-5(2)6-3-7(10)9(12)8(11)4-6;1-5(2)6-3-4-7(11)9(12)8(6)10;1-5(2)6-3-8(11)9(12)4-7(6)10;1-5(2)6-3-7(10)9(12)8(11)4-6;1-5(2)6-3-4-7(11)9(12)8(6)10/h4-5,13H,1-3H3;3-4,12-13H,1-2H3;6*3-5,11-12H,1-2H3. The maximum Gasteiger partial charge on any atom is 0.194 e. The molecule has 0 fully saturated rings. The van der Waals surface area contributed by atoms with E-state index in [1.807, 2.05) is 96.9 Å². The number of phenols is 15. The highest BCUT2D eigenvalue weighted by molar-refractivity contribution is 6.36. The summed E-state index contributed by atoms with van der Waals surface area (Å²) in [6, 6.07) is 19.4. The Hall–Kier alpha value is -8.14. The Morgan fingerprint density at radius 3 is 1.06 bits per heavy atom. The van der Waals surface area contributed by atoms with Crippen LogP contribution in [0.3, 0.4) is 0 Å². The first kappa shape index (κ1) is 87.9. The number of hydrogen-bond acceptors (Lipinski definition) is 15. The van der Waals surface area contributed by atoms with Crippen molar-refractivity contribution in [2.45, 2.75) is 165 Å². The largest absolute Gasteiger partial charge is 0.505 e. The minimum Gasteiger partial charge on any atom is -0.505 e. The first-order valence-electron chi connectivity index (χ1n) is 30.4. The highest BCUT2D eigenvalue weighted by atomic mass is 35.5. The van der Waals surface area contributed by atoms with Crippen LogP contribution < -0.4 is 0 Å². The monoisotopic (exact) mass is 1470 g/mol. The van der Waals surface area contributed by atoms with E-state index in [1.54, 1.807) is 32.0 Å². The van der Waals surface area contributed by atoms with Gasteiger partial charge >= 0.3 is 0 Å². The zero-order valence-corrected chi connectivity index (χ0v) is 61.0. The van der Waals surface area contributed by atoms with Crippen LogP contribution >= 0.6 is 58.0 Å². The van der Waals surface area contributed by atoms with Crippen molar-refractivity contribution < 1.29 is 98.5 Å². The third-order valence-electron chi connectivity index (χ3n) is 14.3. The first-order valence-corrected chi connectivity index (χ1v) is 32.3. The van der Waals surface area contributed by atoms with Crippen LogP contribution in [0, 0.1) is 36.0 Å². The molecule has 0 heterocycles. The van der Waals surface area contributed by atoms with Crippen LogP contribution in [0.5, 0.6) is 86.2 Å². The summed E-state index contributed by atoms with van der Waals surface area (Å²) < 4.78 is 65.2. The normalized spacial score (nSPS) is 10.7. The lowest BCUT2D eigenvalue weighted by atomic mass is 10.00. The van der Waals surface area contributed by atoms with Crippen molar-refractivity contribution in [2.24, 2.45) is 0 Å². The van der Waals surface area contributed by atoms with Gasteiger partial charge in [0.05, 0.1) is 20.1 Å². The van der Waals surface area contributed by atoms with Gasteiger partial charge in [0.25, 0.3) is 0 Å². The molecule has 0 aliphatic heterocycles. The van der Waals surface area contributed by atoms with Crippen molar-refractivity contribution in [1.82, 2.24) is 0 Å². The second-order valence-corrected chi connectivity index (χ2v) is 26.5. The van der Waals surface area contributed by atoms with Crippen LogP contribution in [0.4, 0.5) is 22.0 Å². The fourth-order valence-corrected chi connectivity index (χ4v) is 9.66. The number of hydrogen-bond donors (Lipinski definition) is 15. The summed E-state index contributed by atoms with van der Waals surface area (Å²) in [6.45, 7) is 31.6. The first-order chi connectivity index (χ1) is 45.0. The molecule has 15 nitrogen and oxygen atoms in total. The van der Waals surface area contributed by atoms with E-state index >= 15 is 0 Å². The van der Waals surface area contributed by atoms with Crippen LogP contribution in [-0.4, -0.2) is 76.6 Å². The molecular formula is C73H88Cl5F5O15. The van der Waals surface area contributed by atoms with Crippen molar-refractivity contribution >= 4 is 58.0 Å². The molecule has 8 aromatic carbocycles. The van der Waals surface area contributed by atoms with E-state index in [1.165, 1.54) is 61.5 Å². The topological polar surface area (TPSA) is 303 Å². The number of halogens is 10. The molecule has 98 heavy (non-hydrogen) atoms. The molecule has 8 rings (SSSR count). The zero-order valence-electron chi connectivity index (χ0n) is 57.2. The van der Waals surface area contributed by atoms with E-state index < -0.39 is 63.6 Å². The van der Waals surface area contributed by atoms with Crippen LogP contribution in [0.25, 0.3) is 0 Å². The van der Waals surface area contributed by atoms with Gasteiger partial charge in [0.2, 0.25) is 0 Å². The minimum atomic E-state index is -0.779. The Kier molecular flexibility index (Phi) is 35.4. The van der Waals surface area contributed by atoms with E-state index in [0.717, 1.165) is 34.4 Å². The van der Waals surface area contributed by atoms with Gasteiger partial charge in [-0.1, -0.05) is 181 Å². The third kappa shape index (κ3) is 25.3. The highest BCUT2D eigenvalue weighted by Gasteiger charge is 2.20. The van der Waals surface area contributed by atoms with Crippen molar-refractivity contribution in [3.63, 3.8) is 0 Å². The lowest BCUT2D eigenvalue weighted by Crippen LogP contribution is -1.97. The van der Waals surface area contributed by atoms with Crippen molar-refractivity contribution in [3.8, 4) is 86.2 Å². The number of rotatable bonds is 8. The van der Waals surface area contributed by atoms with Gasteiger partial charge in [0.1, 0.15) is 11.6 Å². The molecule has 540 valence electrons. The van der Waals surface area contributed by atoms with Crippen molar-refractivity contribution in [2.75, 3.05) is 0 Å². The van der Waals surface area contributed by atoms with Gasteiger partial charge < -0.3 is 76.6 Å². The fourth-order valence-electron chi connectivity index (χ4n) is 8.11. The predicted molar refractivity (Wildman–Crippen MR) is 379 cm³/mol. The molecule has 0 unspecified atom stereocenters. The molecule has 0 bridgehead atoms. The summed E-state index contributed by atoms with van der Waals surface area (Å²) >= 11 is 28.7. The Bertz CT molecular complexity index is 3650. The van der Waals surface area contributed by atoms with E-state index in [9.17, 15) is 47.5 Å². The Morgan fingerprint density at radius 2 is 0.622 bits per heavy atom. The molecule has 0 aliphatic carbocycles. The Labute approximate surface area is 593 Å². The van der Waals surface area contributed by atoms with Gasteiger partial charge in [-0.25, -0.2) is 22.0 Å². The van der Waals surface area contributed by atoms with Gasteiger partial charge in [0.15, 0.2) is 104 Å². The number of benzene rings is 8. The van der Waals surface area contributed by atoms with Crippen LogP contribution in [0.1, 0.15) is 208 Å². The van der Waals surface area contributed by atoms with Gasteiger partial charge in [-0.15, -0.1) is 0 Å². The highest BCUT2D eigenvalue weighted by Crippen LogP contribution is 2.45. The molecule has 25 heteroatoms. The number of phenolic OH excluding ortho intramolecular Hbond substituents is 15. The molecule has 15 N–H and O–H groups in total. The molecule has 0 aromatic heterocycles. The third-order valence-corrected chi connectivity index (χ3v) is 16.0. The van der Waals surface area contributed by atoms with Crippen LogP contribution in [0.2, 0.25) is 25.1 Å². The fraction of sp³-hybridized carbons (Fsp3) is 0.342. The van der Waals surface area contributed by atoms with Gasteiger partial charge in [0, 0.05) is 22.7 Å². The summed E-state index contributed by atoms with van der Waals surface area (Å²) in [4.78, 5) is 0. The van der Waals surface area contributed by atoms with Crippen molar-refractivity contribution in [1.29, 1.82) is 0 Å². The second-order valence-electron chi connectivity index (χ2n) is 24.6. The van der Waals surface area contributed by atoms with Gasteiger partial charge in [-0.2, -0.15) is 0 Å². The quantitative estimate of drug-likeness (QED) is 0.0497. The Morgan fingerprint density at radius 1 is 0.245 bits per heavy atom. The van der Waals surface area contributed by atoms with E-state index in [0.29, 0.717) is 21.7 Å². The maximum absolute atomic E-state index is 13.3. The molecule has 0 saturated carbocycles. The molecule has 0 saturated heterocycles. The van der Waals surface area contributed by atoms with Crippen molar-refractivity contribution in [3.05, 3.63) is 189 Å². The van der Waals surface area contributed by atoms with E-state index in [4.69, 9.17) is 109 Å². The molecule has 8 aromatic rings. The molecule has 0 radical (unpaired) electrons. The smallest absolute Gasteiger partial charge is 0.194 e. The maximum atomic E-state index is 13.3. The van der Waals surface area contributed by atoms with Gasteiger partial charge in [-0.3, -0.25) is 0 Å². The van der Waals surface area contributed by atoms with Crippen LogP contribution in [0.15, 0.2) is 84.9 Å². The average molecular weight is 1480 g/mol. The van der Waals surface area contributed by atoms with Gasteiger partial charge in [-0.05, 0) is 159 Å². The molecule has 0 spiro atoms. The summed E-state index contributed by atoms with van der Waals surface area (Å²) in [5, 5.41) is 138. The minimum absolute atomic E-state index is 0.00324. The van der Waals surface area contributed by atoms with E-state index in [-0.39, 0.29) is 130 Å². The predicted octanol–water partition coefficient (Wildman–Crippen LogP) is 22.3. The summed E-state index contributed by atoms with van der Waals surface area (Å²) in [5.74, 6) is -7.66. The summed E-state index contributed by atoms with van der Waals surface area (Å²) in [5.41, 5.74) is 4.97. The SMILES string of the molecule is CC(C)c1cc(Cl)c(O)c(O)c1Cl.CC(C)c1cc(O)c(O)c(Cl)c1.CC(C)c1cc(O)c(O)c(F)c1.CC(C)c1cc(O)c(O)cc1Cl.CC(C)c1cc(O)c(O)cc1F.CC(C)c1ccc(O)c(O)c1Cl.CC(C)c1ccc(O)c(O)c1F.Cc1c(F)cc(C(C)C)c(F)c1O. The summed E-state index contributed by atoms with van der Waals surface area (Å²) in [7, 11) is 0. The molecule has 0 aliphatic rings. The zero-order chi connectivity index (χ0) is 76.1. The second kappa shape index (κ2) is 39.5. The molecular weight excluding hydrogens is 1390 g/mol. The number of aromatic hydroxyl groups is 15. The van der Waals surface area contributed by atoms with Crippen LogP contribution in [-0.2, 0) is 0 Å². The lowest BCUT2D eigenvalue weighted by molar-refractivity contribution is 0.375. The van der Waals surface area contributed by atoms with E-state index in [2.05, 4.69) is 0 Å².